The minimum Gasteiger partial charge on any atom is -0.416 e. The van der Waals surface area contributed by atoms with Crippen LogP contribution < -0.4 is 5.73 Å². The van der Waals surface area contributed by atoms with E-state index in [2.05, 4.69) is 15.4 Å². The third-order valence-electron chi connectivity index (χ3n) is 2.31. The predicted molar refractivity (Wildman–Crippen MR) is 67.5 cm³/mol. The number of aryl methyl sites for hydroxylation is 1. The Balaban J connectivity index is 2.20. The van der Waals surface area contributed by atoms with Crippen LogP contribution in [0.1, 0.15) is 17.0 Å². The molecule has 3 N–H and O–H groups in total. The molecule has 0 unspecified atom stereocenters. The van der Waals surface area contributed by atoms with Gasteiger partial charge in [-0.05, 0) is 17.7 Å². The Hall–Kier alpha value is -2.09. The van der Waals surface area contributed by atoms with E-state index in [0.29, 0.717) is 28.0 Å². The molecule has 19 heavy (non-hydrogen) atoms. The van der Waals surface area contributed by atoms with Crippen molar-refractivity contribution in [3.8, 4) is 0 Å². The van der Waals surface area contributed by atoms with Crippen LogP contribution in [0.15, 0.2) is 33.0 Å². The Bertz CT molecular complexity index is 614. The molecule has 0 saturated heterocycles. The fraction of sp³-hybridized carbons (Fsp3) is 0.182. The first-order chi connectivity index (χ1) is 9.10. The van der Waals surface area contributed by atoms with Gasteiger partial charge in [-0.15, -0.1) is 10.2 Å². The number of oxime groups is 1. The maximum Gasteiger partial charge on any atom is 0.276 e. The Kier molecular flexibility index (Phi) is 4.00. The van der Waals surface area contributed by atoms with Gasteiger partial charge in [0.15, 0.2) is 5.84 Å². The molecule has 0 aliphatic rings. The smallest absolute Gasteiger partial charge is 0.276 e. The molecule has 0 spiro atoms. The van der Waals surface area contributed by atoms with Crippen molar-refractivity contribution in [2.45, 2.75) is 17.9 Å². The first-order valence-electron chi connectivity index (χ1n) is 5.29. The zero-order valence-electron chi connectivity index (χ0n) is 10.00. The van der Waals surface area contributed by atoms with Crippen molar-refractivity contribution in [1.29, 1.82) is 0 Å². The summed E-state index contributed by atoms with van der Waals surface area (Å²) in [6, 6.07) is 4.09. The van der Waals surface area contributed by atoms with Crippen LogP contribution in [0.3, 0.4) is 0 Å². The zero-order chi connectivity index (χ0) is 13.8. The minimum atomic E-state index is -0.455. The molecule has 100 valence electrons. The third kappa shape index (κ3) is 3.22. The van der Waals surface area contributed by atoms with Gasteiger partial charge < -0.3 is 15.4 Å². The van der Waals surface area contributed by atoms with E-state index < -0.39 is 5.82 Å². The molecule has 1 heterocycles. The maximum absolute atomic E-state index is 13.2. The highest BCUT2D eigenvalue weighted by Crippen LogP contribution is 2.23. The summed E-state index contributed by atoms with van der Waals surface area (Å²) in [5.74, 6) is 0.312. The highest BCUT2D eigenvalue weighted by Gasteiger charge is 2.11. The lowest BCUT2D eigenvalue weighted by Gasteiger charge is -2.06. The Labute approximate surface area is 112 Å². The summed E-state index contributed by atoms with van der Waals surface area (Å²) in [6.07, 6.45) is 0. The van der Waals surface area contributed by atoms with E-state index in [0.717, 1.165) is 0 Å². The lowest BCUT2D eigenvalue weighted by molar-refractivity contribution is 0.318. The van der Waals surface area contributed by atoms with Gasteiger partial charge in [0.2, 0.25) is 5.89 Å². The number of rotatable bonds is 4. The first-order valence-corrected chi connectivity index (χ1v) is 6.28. The van der Waals surface area contributed by atoms with Gasteiger partial charge in [0.25, 0.3) is 5.22 Å². The van der Waals surface area contributed by atoms with E-state index in [1.54, 1.807) is 13.0 Å². The Morgan fingerprint density at radius 2 is 2.32 bits per heavy atom. The van der Waals surface area contributed by atoms with Gasteiger partial charge in [-0.1, -0.05) is 23.0 Å². The lowest BCUT2D eigenvalue weighted by atomic mass is 10.1. The van der Waals surface area contributed by atoms with Gasteiger partial charge in [-0.25, -0.2) is 4.39 Å². The maximum atomic E-state index is 13.2. The van der Waals surface area contributed by atoms with Crippen LogP contribution in [0, 0.1) is 12.7 Å². The zero-order valence-corrected chi connectivity index (χ0v) is 10.8. The van der Waals surface area contributed by atoms with Gasteiger partial charge in [0.05, 0.1) is 0 Å². The van der Waals surface area contributed by atoms with E-state index in [4.69, 9.17) is 15.4 Å². The predicted octanol–water partition coefficient (Wildman–Crippen LogP) is 1.90. The van der Waals surface area contributed by atoms with Crippen molar-refractivity contribution in [2.75, 3.05) is 0 Å². The number of thioether (sulfide) groups is 1. The molecule has 2 aromatic rings. The number of benzene rings is 1. The van der Waals surface area contributed by atoms with Crippen molar-refractivity contribution >= 4 is 17.6 Å². The molecule has 0 amide bonds. The lowest BCUT2D eigenvalue weighted by Crippen LogP contribution is -2.15. The van der Waals surface area contributed by atoms with Crippen LogP contribution in [0.5, 0.6) is 0 Å². The molecule has 1 aromatic heterocycles. The largest absolute Gasteiger partial charge is 0.416 e. The fourth-order valence-corrected chi connectivity index (χ4v) is 2.25. The molecule has 0 saturated carbocycles. The summed E-state index contributed by atoms with van der Waals surface area (Å²) in [4.78, 5) is 0. The highest BCUT2D eigenvalue weighted by molar-refractivity contribution is 7.98. The molecule has 0 radical (unpaired) electrons. The molecule has 2 rings (SSSR count). The molecule has 0 fully saturated rings. The number of hydrogen-bond acceptors (Lipinski definition) is 6. The average molecular weight is 282 g/mol. The number of hydrogen-bond donors (Lipinski definition) is 2. The quantitative estimate of drug-likeness (QED) is 0.292. The molecular formula is C11H11FN4O2S. The van der Waals surface area contributed by atoms with Crippen LogP contribution in [0.4, 0.5) is 4.39 Å². The normalized spacial score (nSPS) is 11.8. The molecule has 0 aliphatic carbocycles. The molecule has 0 aliphatic heterocycles. The summed E-state index contributed by atoms with van der Waals surface area (Å²) in [5, 5.41) is 19.5. The molecule has 1 aromatic carbocycles. The van der Waals surface area contributed by atoms with Crippen molar-refractivity contribution in [2.24, 2.45) is 10.9 Å². The Morgan fingerprint density at radius 3 is 2.95 bits per heavy atom. The number of amidine groups is 1. The van der Waals surface area contributed by atoms with Crippen LogP contribution in [-0.2, 0) is 5.75 Å². The van der Waals surface area contributed by atoms with E-state index in [9.17, 15) is 4.39 Å². The van der Waals surface area contributed by atoms with Crippen LogP contribution in [-0.4, -0.2) is 21.2 Å². The topological polar surface area (TPSA) is 97.5 Å². The second-order valence-corrected chi connectivity index (χ2v) is 4.59. The summed E-state index contributed by atoms with van der Waals surface area (Å²) in [7, 11) is 0. The first kappa shape index (κ1) is 13.3. The summed E-state index contributed by atoms with van der Waals surface area (Å²) < 4.78 is 18.4. The SMILES string of the molecule is Cc1nnc(SCc2ccc(F)cc2C(N)=NO)o1. The van der Waals surface area contributed by atoms with Gasteiger partial charge in [0, 0.05) is 18.2 Å². The highest BCUT2D eigenvalue weighted by atomic mass is 32.2. The van der Waals surface area contributed by atoms with E-state index in [1.165, 1.54) is 23.9 Å². The van der Waals surface area contributed by atoms with E-state index in [1.807, 2.05) is 0 Å². The molecule has 6 nitrogen and oxygen atoms in total. The summed E-state index contributed by atoms with van der Waals surface area (Å²) in [5.41, 5.74) is 6.55. The van der Waals surface area contributed by atoms with Gasteiger partial charge in [0.1, 0.15) is 5.82 Å². The molecule has 0 bridgehead atoms. The number of halogens is 1. The second kappa shape index (κ2) is 5.70. The van der Waals surface area contributed by atoms with Crippen LogP contribution >= 0.6 is 11.8 Å². The van der Waals surface area contributed by atoms with Crippen LogP contribution in [0.25, 0.3) is 0 Å². The van der Waals surface area contributed by atoms with E-state index in [-0.39, 0.29) is 5.84 Å². The average Bonchev–Trinajstić information content (AvgIpc) is 2.82. The van der Waals surface area contributed by atoms with Gasteiger partial charge >= 0.3 is 0 Å². The third-order valence-corrected chi connectivity index (χ3v) is 3.18. The Morgan fingerprint density at radius 1 is 1.53 bits per heavy atom. The molecule has 0 atom stereocenters. The van der Waals surface area contributed by atoms with Gasteiger partial charge in [-0.2, -0.15) is 0 Å². The van der Waals surface area contributed by atoms with Crippen LogP contribution in [0.2, 0.25) is 0 Å². The van der Waals surface area contributed by atoms with E-state index >= 15 is 0 Å². The second-order valence-electron chi connectivity index (χ2n) is 3.66. The minimum absolute atomic E-state index is 0.142. The number of aromatic nitrogens is 2. The summed E-state index contributed by atoms with van der Waals surface area (Å²) >= 11 is 1.29. The van der Waals surface area contributed by atoms with Crippen molar-refractivity contribution in [3.63, 3.8) is 0 Å². The monoisotopic (exact) mass is 282 g/mol. The van der Waals surface area contributed by atoms with Crippen molar-refractivity contribution < 1.29 is 14.0 Å². The van der Waals surface area contributed by atoms with Gasteiger partial charge in [-0.3, -0.25) is 0 Å². The van der Waals surface area contributed by atoms with Crippen molar-refractivity contribution in [3.05, 3.63) is 41.0 Å². The summed E-state index contributed by atoms with van der Waals surface area (Å²) in [6.45, 7) is 1.69. The standard InChI is InChI=1S/C11H11FN4O2S/c1-6-14-15-11(18-6)19-5-7-2-3-8(12)4-9(7)10(13)16-17/h2-4,17H,5H2,1H3,(H2,13,16). The van der Waals surface area contributed by atoms with Crippen molar-refractivity contribution in [1.82, 2.24) is 10.2 Å². The number of nitrogens with zero attached hydrogens (tertiary/aromatic N) is 3. The number of nitrogens with two attached hydrogens (primary N) is 1. The molecular weight excluding hydrogens is 271 g/mol. The molecule has 8 heteroatoms. The fourth-order valence-electron chi connectivity index (χ4n) is 1.44.